The Labute approximate surface area is 127 Å². The number of aromatic nitrogens is 1. The molecule has 1 N–H and O–H groups in total. The molecular formula is C14H13ClN2O3S. The number of nitrogens with zero attached hydrogens (tertiary/aromatic N) is 1. The van der Waals surface area contributed by atoms with Crippen molar-refractivity contribution in [3.8, 4) is 0 Å². The summed E-state index contributed by atoms with van der Waals surface area (Å²) >= 11 is 5.71. The summed E-state index contributed by atoms with van der Waals surface area (Å²) in [6, 6.07) is 9.11. The summed E-state index contributed by atoms with van der Waals surface area (Å²) in [6.07, 6.45) is 1.54. The Hall–Kier alpha value is -1.92. The van der Waals surface area contributed by atoms with Crippen LogP contribution in [-0.4, -0.2) is 25.1 Å². The first-order valence-electron chi connectivity index (χ1n) is 6.08. The number of carbonyl (C=O) groups is 1. The molecule has 1 aromatic heterocycles. The van der Waals surface area contributed by atoms with Crippen LogP contribution < -0.4 is 5.32 Å². The first kappa shape index (κ1) is 15.5. The average Bonchev–Trinajstić information content (AvgIpc) is 2.38. The van der Waals surface area contributed by atoms with E-state index in [1.165, 1.54) is 24.3 Å². The number of halogens is 1. The minimum absolute atomic E-state index is 0.0549. The fraction of sp³-hybridized carbons (Fsp3) is 0.143. The lowest BCUT2D eigenvalue weighted by Gasteiger charge is -2.06. The van der Waals surface area contributed by atoms with Gasteiger partial charge >= 0.3 is 0 Å². The molecule has 0 fully saturated rings. The number of aryl methyl sites for hydroxylation is 1. The normalized spacial score (nSPS) is 11.1. The molecule has 0 saturated heterocycles. The molecule has 0 spiro atoms. The van der Waals surface area contributed by atoms with Crippen molar-refractivity contribution < 1.29 is 13.2 Å². The van der Waals surface area contributed by atoms with Gasteiger partial charge in [0.1, 0.15) is 11.6 Å². The van der Waals surface area contributed by atoms with Gasteiger partial charge in [0.15, 0.2) is 9.84 Å². The van der Waals surface area contributed by atoms with Crippen LogP contribution in [0.15, 0.2) is 47.5 Å². The molecular weight excluding hydrogens is 312 g/mol. The summed E-state index contributed by atoms with van der Waals surface area (Å²) in [7, 11) is -3.70. The van der Waals surface area contributed by atoms with Crippen molar-refractivity contribution in [2.24, 2.45) is 0 Å². The Balaban J connectivity index is 2.09. The van der Waals surface area contributed by atoms with Gasteiger partial charge in [-0.2, -0.15) is 0 Å². The van der Waals surface area contributed by atoms with E-state index >= 15 is 0 Å². The largest absolute Gasteiger partial charge is 0.310 e. The number of benzene rings is 1. The number of sulfone groups is 1. The van der Waals surface area contributed by atoms with E-state index in [0.717, 1.165) is 5.56 Å². The van der Waals surface area contributed by atoms with E-state index in [1.807, 2.05) is 6.92 Å². The van der Waals surface area contributed by atoms with Crippen molar-refractivity contribution in [1.82, 2.24) is 4.98 Å². The summed E-state index contributed by atoms with van der Waals surface area (Å²) in [5, 5.41) is 2.90. The second-order valence-electron chi connectivity index (χ2n) is 4.48. The highest BCUT2D eigenvalue weighted by Crippen LogP contribution is 2.15. The van der Waals surface area contributed by atoms with Crippen LogP contribution in [0.5, 0.6) is 0 Å². The topological polar surface area (TPSA) is 76.1 Å². The predicted molar refractivity (Wildman–Crippen MR) is 81.1 cm³/mol. The first-order valence-corrected chi connectivity index (χ1v) is 8.11. The highest BCUT2D eigenvalue weighted by Gasteiger charge is 2.19. The van der Waals surface area contributed by atoms with Crippen LogP contribution in [0.2, 0.25) is 5.02 Å². The van der Waals surface area contributed by atoms with Gasteiger partial charge in [-0.15, -0.1) is 0 Å². The molecule has 21 heavy (non-hydrogen) atoms. The van der Waals surface area contributed by atoms with Crippen molar-refractivity contribution in [2.75, 3.05) is 11.1 Å². The van der Waals surface area contributed by atoms with Crippen LogP contribution >= 0.6 is 11.6 Å². The van der Waals surface area contributed by atoms with Crippen molar-refractivity contribution in [3.63, 3.8) is 0 Å². The van der Waals surface area contributed by atoms with Gasteiger partial charge in [0.25, 0.3) is 0 Å². The monoisotopic (exact) mass is 324 g/mol. The Kier molecular flexibility index (Phi) is 4.59. The number of amides is 1. The van der Waals surface area contributed by atoms with Gasteiger partial charge in [0.2, 0.25) is 5.91 Å². The van der Waals surface area contributed by atoms with Crippen molar-refractivity contribution >= 4 is 33.2 Å². The molecule has 1 heterocycles. The number of anilines is 1. The van der Waals surface area contributed by atoms with Gasteiger partial charge in [-0.25, -0.2) is 13.4 Å². The second kappa shape index (κ2) is 6.24. The molecule has 0 saturated carbocycles. The van der Waals surface area contributed by atoms with Crippen LogP contribution in [-0.2, 0) is 14.6 Å². The Morgan fingerprint density at radius 1 is 1.24 bits per heavy atom. The fourth-order valence-corrected chi connectivity index (χ4v) is 2.94. The van der Waals surface area contributed by atoms with E-state index in [9.17, 15) is 13.2 Å². The third-order valence-corrected chi connectivity index (χ3v) is 4.56. The van der Waals surface area contributed by atoms with Crippen molar-refractivity contribution in [1.29, 1.82) is 0 Å². The quantitative estimate of drug-likeness (QED) is 0.937. The average molecular weight is 325 g/mol. The number of hydrogen-bond donors (Lipinski definition) is 1. The van der Waals surface area contributed by atoms with Gasteiger partial charge < -0.3 is 5.32 Å². The van der Waals surface area contributed by atoms with Crippen LogP contribution in [0.3, 0.4) is 0 Å². The molecule has 0 atom stereocenters. The predicted octanol–water partition coefficient (Wildman–Crippen LogP) is 2.46. The van der Waals surface area contributed by atoms with Crippen LogP contribution in [0.25, 0.3) is 0 Å². The molecule has 0 radical (unpaired) electrons. The molecule has 0 unspecified atom stereocenters. The molecule has 1 amide bonds. The summed E-state index contributed by atoms with van der Waals surface area (Å²) in [4.78, 5) is 15.8. The lowest BCUT2D eigenvalue weighted by atomic mass is 10.3. The van der Waals surface area contributed by atoms with Crippen molar-refractivity contribution in [3.05, 3.63) is 53.2 Å². The lowest BCUT2D eigenvalue weighted by molar-refractivity contribution is -0.113. The number of carbonyl (C=O) groups excluding carboxylic acids is 1. The lowest BCUT2D eigenvalue weighted by Crippen LogP contribution is -2.23. The highest BCUT2D eigenvalue weighted by molar-refractivity contribution is 7.92. The number of nitrogens with one attached hydrogen (secondary N) is 1. The Morgan fingerprint density at radius 3 is 2.52 bits per heavy atom. The van der Waals surface area contributed by atoms with Crippen LogP contribution in [0.1, 0.15) is 5.56 Å². The van der Waals surface area contributed by atoms with Gasteiger partial charge in [-0.05, 0) is 48.9 Å². The molecule has 110 valence electrons. The molecule has 5 nitrogen and oxygen atoms in total. The summed E-state index contributed by atoms with van der Waals surface area (Å²) in [5.74, 6) is -0.959. The van der Waals surface area contributed by atoms with Crippen LogP contribution in [0.4, 0.5) is 5.82 Å². The van der Waals surface area contributed by atoms with E-state index in [1.54, 1.807) is 18.3 Å². The first-order chi connectivity index (χ1) is 9.87. The summed E-state index contributed by atoms with van der Waals surface area (Å²) < 4.78 is 24.2. The molecule has 0 aliphatic carbocycles. The molecule has 0 bridgehead atoms. The number of hydrogen-bond acceptors (Lipinski definition) is 4. The molecule has 1 aromatic carbocycles. The van der Waals surface area contributed by atoms with Gasteiger partial charge in [-0.3, -0.25) is 4.79 Å². The SMILES string of the molecule is Cc1ccnc(NC(=O)CS(=O)(=O)c2ccc(Cl)cc2)c1. The van der Waals surface area contributed by atoms with Crippen LogP contribution in [0, 0.1) is 6.92 Å². The van der Waals surface area contributed by atoms with E-state index in [2.05, 4.69) is 10.3 Å². The third-order valence-electron chi connectivity index (χ3n) is 2.68. The number of pyridine rings is 1. The Morgan fingerprint density at radius 2 is 1.90 bits per heavy atom. The third kappa shape index (κ3) is 4.27. The maximum Gasteiger partial charge on any atom is 0.241 e. The zero-order chi connectivity index (χ0) is 15.5. The zero-order valence-electron chi connectivity index (χ0n) is 11.2. The smallest absolute Gasteiger partial charge is 0.241 e. The van der Waals surface area contributed by atoms with E-state index in [-0.39, 0.29) is 4.90 Å². The van der Waals surface area contributed by atoms with E-state index < -0.39 is 21.5 Å². The molecule has 7 heteroatoms. The second-order valence-corrected chi connectivity index (χ2v) is 6.91. The van der Waals surface area contributed by atoms with Crippen molar-refractivity contribution in [2.45, 2.75) is 11.8 Å². The van der Waals surface area contributed by atoms with E-state index in [0.29, 0.717) is 10.8 Å². The molecule has 2 rings (SSSR count). The number of rotatable bonds is 4. The Bertz CT molecular complexity index is 758. The highest BCUT2D eigenvalue weighted by atomic mass is 35.5. The molecule has 2 aromatic rings. The van der Waals surface area contributed by atoms with Gasteiger partial charge in [0.05, 0.1) is 4.90 Å². The molecule has 0 aliphatic heterocycles. The van der Waals surface area contributed by atoms with Gasteiger partial charge in [0, 0.05) is 11.2 Å². The molecule has 0 aliphatic rings. The maximum atomic E-state index is 12.1. The minimum Gasteiger partial charge on any atom is -0.310 e. The standard InChI is InChI=1S/C14H13ClN2O3S/c1-10-6-7-16-13(8-10)17-14(18)9-21(19,20)12-4-2-11(15)3-5-12/h2-8H,9H2,1H3,(H,16,17,18). The minimum atomic E-state index is -3.70. The summed E-state index contributed by atoms with van der Waals surface area (Å²) in [6.45, 7) is 1.85. The van der Waals surface area contributed by atoms with Gasteiger partial charge in [-0.1, -0.05) is 11.6 Å². The summed E-state index contributed by atoms with van der Waals surface area (Å²) in [5.41, 5.74) is 0.917. The fourth-order valence-electron chi connectivity index (χ4n) is 1.68. The van der Waals surface area contributed by atoms with E-state index in [4.69, 9.17) is 11.6 Å². The zero-order valence-corrected chi connectivity index (χ0v) is 12.8. The maximum absolute atomic E-state index is 12.1.